The van der Waals surface area contributed by atoms with Crippen molar-refractivity contribution in [3.63, 3.8) is 0 Å². The third kappa shape index (κ3) is 4.58. The Bertz CT molecular complexity index is 171. The number of hydrogen-bond donors (Lipinski definition) is 1. The smallest absolute Gasteiger partial charge is 0.323 e. The molecular formula is C10H21NO3. The van der Waals surface area contributed by atoms with E-state index in [-0.39, 0.29) is 24.0 Å². The number of ether oxygens (including phenoxy) is 2. The zero-order valence-electron chi connectivity index (χ0n) is 9.66. The van der Waals surface area contributed by atoms with Crippen LogP contribution in [0.15, 0.2) is 0 Å². The van der Waals surface area contributed by atoms with Crippen LogP contribution in [0, 0.1) is 5.92 Å². The van der Waals surface area contributed by atoms with Crippen LogP contribution in [0.5, 0.6) is 0 Å². The molecule has 0 saturated carbocycles. The van der Waals surface area contributed by atoms with Crippen LogP contribution in [0.2, 0.25) is 0 Å². The number of rotatable bonds is 6. The van der Waals surface area contributed by atoms with Gasteiger partial charge in [-0.15, -0.1) is 0 Å². The van der Waals surface area contributed by atoms with Gasteiger partial charge in [0.1, 0.15) is 6.04 Å². The fourth-order valence-electron chi connectivity index (χ4n) is 1.26. The van der Waals surface area contributed by atoms with Crippen LogP contribution in [0.4, 0.5) is 0 Å². The van der Waals surface area contributed by atoms with E-state index in [1.54, 1.807) is 7.11 Å². The second kappa shape index (κ2) is 6.79. The van der Waals surface area contributed by atoms with Crippen LogP contribution in [0.1, 0.15) is 20.8 Å². The summed E-state index contributed by atoms with van der Waals surface area (Å²) in [5, 5.41) is 3.17. The molecule has 0 aromatic heterocycles. The van der Waals surface area contributed by atoms with Crippen molar-refractivity contribution in [3.8, 4) is 0 Å². The molecule has 0 aromatic carbocycles. The summed E-state index contributed by atoms with van der Waals surface area (Å²) in [4.78, 5) is 11.4. The molecule has 0 spiro atoms. The average molecular weight is 203 g/mol. The van der Waals surface area contributed by atoms with Gasteiger partial charge in [0.2, 0.25) is 0 Å². The van der Waals surface area contributed by atoms with Crippen molar-refractivity contribution in [2.45, 2.75) is 32.9 Å². The van der Waals surface area contributed by atoms with Gasteiger partial charge in [0.25, 0.3) is 0 Å². The molecule has 0 aliphatic rings. The lowest BCUT2D eigenvalue weighted by Crippen LogP contribution is -2.47. The lowest BCUT2D eigenvalue weighted by molar-refractivity contribution is -0.144. The Balaban J connectivity index is 4.16. The molecule has 0 bridgehead atoms. The molecule has 2 atom stereocenters. The predicted octanol–water partition coefficient (Wildman–Crippen LogP) is 0.808. The van der Waals surface area contributed by atoms with E-state index in [0.717, 1.165) is 0 Å². The van der Waals surface area contributed by atoms with Gasteiger partial charge in [-0.25, -0.2) is 0 Å². The Morgan fingerprint density at radius 2 is 1.86 bits per heavy atom. The maximum Gasteiger partial charge on any atom is 0.323 e. The zero-order chi connectivity index (χ0) is 11.1. The molecule has 0 fully saturated rings. The molecule has 14 heavy (non-hydrogen) atoms. The summed E-state index contributed by atoms with van der Waals surface area (Å²) in [6, 6.07) is -0.114. The highest BCUT2D eigenvalue weighted by molar-refractivity contribution is 5.75. The highest BCUT2D eigenvalue weighted by Gasteiger charge is 2.24. The quantitative estimate of drug-likeness (QED) is 0.649. The van der Waals surface area contributed by atoms with Gasteiger partial charge in [-0.3, -0.25) is 10.1 Å². The Morgan fingerprint density at radius 3 is 2.21 bits per heavy atom. The summed E-state index contributed by atoms with van der Waals surface area (Å²) < 4.78 is 9.69. The fourth-order valence-corrected chi connectivity index (χ4v) is 1.26. The van der Waals surface area contributed by atoms with Gasteiger partial charge in [-0.1, -0.05) is 13.8 Å². The van der Waals surface area contributed by atoms with Crippen LogP contribution in [0.25, 0.3) is 0 Å². The van der Waals surface area contributed by atoms with E-state index in [1.165, 1.54) is 7.11 Å². The van der Waals surface area contributed by atoms with E-state index < -0.39 is 0 Å². The molecule has 0 amide bonds. The average Bonchev–Trinajstić information content (AvgIpc) is 2.13. The van der Waals surface area contributed by atoms with Gasteiger partial charge in [0.05, 0.1) is 13.7 Å². The Morgan fingerprint density at radius 1 is 1.29 bits per heavy atom. The minimum Gasteiger partial charge on any atom is -0.468 e. The number of carbonyl (C=O) groups excluding carboxylic acids is 1. The Hall–Kier alpha value is -0.610. The van der Waals surface area contributed by atoms with E-state index in [0.29, 0.717) is 6.61 Å². The van der Waals surface area contributed by atoms with Gasteiger partial charge in [-0.2, -0.15) is 0 Å². The summed E-state index contributed by atoms with van der Waals surface area (Å²) in [5.41, 5.74) is 0. The van der Waals surface area contributed by atoms with Crippen molar-refractivity contribution < 1.29 is 14.3 Å². The molecule has 4 heteroatoms. The third-order valence-corrected chi connectivity index (χ3v) is 2.00. The molecule has 0 rings (SSSR count). The van der Waals surface area contributed by atoms with Crippen molar-refractivity contribution >= 4 is 5.97 Å². The number of nitrogens with one attached hydrogen (secondary N) is 1. The standard InChI is InChI=1S/C10H21NO3/c1-7(2)9(10(12)14-5)11-8(3)6-13-4/h7-9,11H,6H2,1-5H3/t8?,9-/m0/s1. The maximum absolute atomic E-state index is 11.4. The number of hydrogen-bond acceptors (Lipinski definition) is 4. The van der Waals surface area contributed by atoms with E-state index in [4.69, 9.17) is 9.47 Å². The van der Waals surface area contributed by atoms with Crippen LogP contribution >= 0.6 is 0 Å². The molecule has 4 nitrogen and oxygen atoms in total. The van der Waals surface area contributed by atoms with Gasteiger partial charge < -0.3 is 9.47 Å². The van der Waals surface area contributed by atoms with E-state index in [1.807, 2.05) is 20.8 Å². The molecule has 0 saturated heterocycles. The number of carbonyl (C=O) groups is 1. The lowest BCUT2D eigenvalue weighted by atomic mass is 10.0. The molecule has 84 valence electrons. The van der Waals surface area contributed by atoms with Gasteiger partial charge in [0.15, 0.2) is 0 Å². The normalized spacial score (nSPS) is 15.3. The van der Waals surface area contributed by atoms with Crippen LogP contribution in [0.3, 0.4) is 0 Å². The summed E-state index contributed by atoms with van der Waals surface area (Å²) in [7, 11) is 3.04. The second-order valence-corrected chi connectivity index (χ2v) is 3.77. The molecule has 0 radical (unpaired) electrons. The first-order valence-electron chi connectivity index (χ1n) is 4.85. The first-order valence-corrected chi connectivity index (χ1v) is 4.85. The van der Waals surface area contributed by atoms with Crippen molar-refractivity contribution in [2.75, 3.05) is 20.8 Å². The predicted molar refractivity (Wildman–Crippen MR) is 55.1 cm³/mol. The number of esters is 1. The molecule has 0 heterocycles. The molecular weight excluding hydrogens is 182 g/mol. The summed E-state index contributed by atoms with van der Waals surface area (Å²) in [5.74, 6) is -0.00953. The second-order valence-electron chi connectivity index (χ2n) is 3.77. The number of methoxy groups -OCH3 is 2. The Labute approximate surface area is 86.0 Å². The van der Waals surface area contributed by atoms with Gasteiger partial charge in [-0.05, 0) is 12.8 Å². The minimum absolute atomic E-state index is 0.145. The van der Waals surface area contributed by atoms with E-state index >= 15 is 0 Å². The molecule has 0 aliphatic heterocycles. The lowest BCUT2D eigenvalue weighted by Gasteiger charge is -2.23. The third-order valence-electron chi connectivity index (χ3n) is 2.00. The van der Waals surface area contributed by atoms with Crippen molar-refractivity contribution in [1.29, 1.82) is 0 Å². The molecule has 0 aromatic rings. The minimum atomic E-state index is -0.259. The molecule has 1 N–H and O–H groups in total. The summed E-state index contributed by atoms with van der Waals surface area (Å²) >= 11 is 0. The topological polar surface area (TPSA) is 47.6 Å². The van der Waals surface area contributed by atoms with Crippen LogP contribution < -0.4 is 5.32 Å². The summed E-state index contributed by atoms with van der Waals surface area (Å²) in [6.45, 7) is 6.52. The largest absolute Gasteiger partial charge is 0.468 e. The van der Waals surface area contributed by atoms with Crippen molar-refractivity contribution in [3.05, 3.63) is 0 Å². The Kier molecular flexibility index (Phi) is 6.49. The van der Waals surface area contributed by atoms with Crippen LogP contribution in [-0.2, 0) is 14.3 Å². The maximum atomic E-state index is 11.4. The molecule has 0 aliphatic carbocycles. The highest BCUT2D eigenvalue weighted by atomic mass is 16.5. The van der Waals surface area contributed by atoms with Gasteiger partial charge >= 0.3 is 5.97 Å². The first-order chi connectivity index (χ1) is 6.52. The summed E-state index contributed by atoms with van der Waals surface area (Å²) in [6.07, 6.45) is 0. The van der Waals surface area contributed by atoms with Crippen molar-refractivity contribution in [1.82, 2.24) is 5.32 Å². The highest BCUT2D eigenvalue weighted by Crippen LogP contribution is 2.04. The first kappa shape index (κ1) is 13.4. The van der Waals surface area contributed by atoms with Crippen molar-refractivity contribution in [2.24, 2.45) is 5.92 Å². The monoisotopic (exact) mass is 203 g/mol. The zero-order valence-corrected chi connectivity index (χ0v) is 9.66. The van der Waals surface area contributed by atoms with E-state index in [2.05, 4.69) is 5.32 Å². The SMILES string of the molecule is COCC(C)N[C@H](C(=O)OC)C(C)C. The van der Waals surface area contributed by atoms with Crippen LogP contribution in [-0.4, -0.2) is 38.9 Å². The molecule has 1 unspecified atom stereocenters. The van der Waals surface area contributed by atoms with E-state index in [9.17, 15) is 4.79 Å². The fraction of sp³-hybridized carbons (Fsp3) is 0.900. The van der Waals surface area contributed by atoms with Gasteiger partial charge in [0, 0.05) is 13.2 Å².